The van der Waals surface area contributed by atoms with Crippen LogP contribution in [0.4, 0.5) is 0 Å². The molecule has 0 radical (unpaired) electrons. The van der Waals surface area contributed by atoms with E-state index in [2.05, 4.69) is 6.92 Å². The van der Waals surface area contributed by atoms with Crippen LogP contribution in [0.1, 0.15) is 32.6 Å². The first-order valence-corrected chi connectivity index (χ1v) is 6.00. The molecule has 0 saturated heterocycles. The van der Waals surface area contributed by atoms with Crippen LogP contribution in [0.15, 0.2) is 24.3 Å². The third-order valence-electron chi connectivity index (χ3n) is 2.26. The summed E-state index contributed by atoms with van der Waals surface area (Å²) in [4.78, 5) is 11.4. The van der Waals surface area contributed by atoms with Gasteiger partial charge in [0.15, 0.2) is 5.78 Å². The summed E-state index contributed by atoms with van der Waals surface area (Å²) in [5.41, 5.74) is 0. The van der Waals surface area contributed by atoms with Crippen molar-refractivity contribution >= 4 is 17.4 Å². The molecule has 0 heterocycles. The van der Waals surface area contributed by atoms with Gasteiger partial charge in [0.1, 0.15) is 12.4 Å². The topological polar surface area (TPSA) is 26.3 Å². The largest absolute Gasteiger partial charge is 0.486 e. The summed E-state index contributed by atoms with van der Waals surface area (Å²) in [6, 6.07) is 7.09. The van der Waals surface area contributed by atoms with Gasteiger partial charge in [-0.05, 0) is 24.6 Å². The minimum atomic E-state index is 0.143. The van der Waals surface area contributed by atoms with E-state index < -0.39 is 0 Å². The van der Waals surface area contributed by atoms with Crippen molar-refractivity contribution < 1.29 is 9.53 Å². The maximum absolute atomic E-state index is 11.4. The molecule has 0 saturated carbocycles. The molecule has 0 fully saturated rings. The molecule has 0 spiro atoms. The highest BCUT2D eigenvalue weighted by Crippen LogP contribution is 2.17. The lowest BCUT2D eigenvalue weighted by molar-refractivity contribution is -0.121. The van der Waals surface area contributed by atoms with Gasteiger partial charge in [0.25, 0.3) is 0 Å². The van der Waals surface area contributed by atoms with Crippen molar-refractivity contribution in [3.63, 3.8) is 0 Å². The van der Waals surface area contributed by atoms with Gasteiger partial charge in [0, 0.05) is 11.4 Å². The zero-order valence-electron chi connectivity index (χ0n) is 9.54. The molecule has 0 aliphatic carbocycles. The lowest BCUT2D eigenvalue weighted by Crippen LogP contribution is -2.10. The van der Waals surface area contributed by atoms with Gasteiger partial charge >= 0.3 is 0 Å². The summed E-state index contributed by atoms with van der Waals surface area (Å²) >= 11 is 5.80. The summed E-state index contributed by atoms with van der Waals surface area (Å²) in [5.74, 6) is 0.796. The maximum Gasteiger partial charge on any atom is 0.170 e. The van der Waals surface area contributed by atoms with E-state index in [1.165, 1.54) is 0 Å². The minimum Gasteiger partial charge on any atom is -0.486 e. The number of carbonyl (C=O) groups is 1. The molecule has 16 heavy (non-hydrogen) atoms. The monoisotopic (exact) mass is 240 g/mol. The van der Waals surface area contributed by atoms with Gasteiger partial charge in [-0.3, -0.25) is 4.79 Å². The predicted molar refractivity (Wildman–Crippen MR) is 66.1 cm³/mol. The van der Waals surface area contributed by atoms with E-state index in [-0.39, 0.29) is 12.4 Å². The number of carbonyl (C=O) groups excluding carboxylic acids is 1. The van der Waals surface area contributed by atoms with Crippen LogP contribution >= 0.6 is 11.6 Å². The molecule has 1 aromatic carbocycles. The molecule has 0 atom stereocenters. The summed E-state index contributed by atoms with van der Waals surface area (Å²) in [6.45, 7) is 2.26. The number of halogens is 1. The van der Waals surface area contributed by atoms with Crippen molar-refractivity contribution in [3.05, 3.63) is 29.3 Å². The number of Topliss-reactive ketones (excluding diaryl/α,β-unsaturated/α-hetero) is 1. The third-order valence-corrected chi connectivity index (χ3v) is 2.49. The van der Waals surface area contributed by atoms with Crippen LogP contribution in [-0.4, -0.2) is 12.4 Å². The van der Waals surface area contributed by atoms with E-state index in [4.69, 9.17) is 16.3 Å². The Labute approximate surface area is 102 Å². The van der Waals surface area contributed by atoms with Gasteiger partial charge < -0.3 is 4.74 Å². The van der Waals surface area contributed by atoms with E-state index in [0.717, 1.165) is 19.3 Å². The van der Waals surface area contributed by atoms with Gasteiger partial charge in [0.05, 0.1) is 0 Å². The highest BCUT2D eigenvalue weighted by molar-refractivity contribution is 6.30. The first-order chi connectivity index (χ1) is 7.72. The van der Waals surface area contributed by atoms with Crippen molar-refractivity contribution in [2.45, 2.75) is 32.6 Å². The molecule has 0 bridgehead atoms. The second-order valence-corrected chi connectivity index (χ2v) is 4.18. The Morgan fingerprint density at radius 2 is 2.19 bits per heavy atom. The molecular weight excluding hydrogens is 224 g/mol. The Hall–Kier alpha value is -1.02. The summed E-state index contributed by atoms with van der Waals surface area (Å²) < 4.78 is 5.35. The first kappa shape index (κ1) is 13.0. The molecule has 88 valence electrons. The molecular formula is C13H17ClO2. The molecule has 1 aromatic rings. The fraction of sp³-hybridized carbons (Fsp3) is 0.462. The quantitative estimate of drug-likeness (QED) is 0.677. The number of hydrogen-bond donors (Lipinski definition) is 0. The Bertz CT molecular complexity index is 336. The number of ketones is 1. The third kappa shape index (κ3) is 5.17. The molecule has 3 heteroatoms. The molecule has 2 nitrogen and oxygen atoms in total. The smallest absolute Gasteiger partial charge is 0.170 e. The van der Waals surface area contributed by atoms with Crippen molar-refractivity contribution in [3.8, 4) is 5.75 Å². The minimum absolute atomic E-state index is 0.143. The number of rotatable bonds is 7. The number of ether oxygens (including phenoxy) is 1. The second kappa shape index (κ2) is 7.29. The SMILES string of the molecule is CCCCCC(=O)COc1cccc(Cl)c1. The van der Waals surface area contributed by atoms with Crippen LogP contribution in [0.3, 0.4) is 0 Å². The highest BCUT2D eigenvalue weighted by atomic mass is 35.5. The van der Waals surface area contributed by atoms with Crippen LogP contribution in [-0.2, 0) is 4.79 Å². The van der Waals surface area contributed by atoms with E-state index in [1.54, 1.807) is 24.3 Å². The van der Waals surface area contributed by atoms with Gasteiger partial charge in [0.2, 0.25) is 0 Å². The van der Waals surface area contributed by atoms with E-state index in [1.807, 2.05) is 0 Å². The van der Waals surface area contributed by atoms with Crippen LogP contribution in [0.25, 0.3) is 0 Å². The number of benzene rings is 1. The van der Waals surface area contributed by atoms with Crippen LogP contribution in [0.5, 0.6) is 5.75 Å². The van der Waals surface area contributed by atoms with Gasteiger partial charge in [-0.15, -0.1) is 0 Å². The maximum atomic E-state index is 11.4. The molecule has 1 rings (SSSR count). The normalized spacial score (nSPS) is 10.1. The molecule has 0 N–H and O–H groups in total. The first-order valence-electron chi connectivity index (χ1n) is 5.62. The van der Waals surface area contributed by atoms with E-state index in [9.17, 15) is 4.79 Å². The standard InChI is InChI=1S/C13H17ClO2/c1-2-3-4-7-12(15)10-16-13-8-5-6-11(14)9-13/h5-6,8-9H,2-4,7,10H2,1H3. The highest BCUT2D eigenvalue weighted by Gasteiger charge is 2.03. The Morgan fingerprint density at radius 3 is 2.88 bits per heavy atom. The van der Waals surface area contributed by atoms with Crippen LogP contribution < -0.4 is 4.74 Å². The Morgan fingerprint density at radius 1 is 1.38 bits per heavy atom. The molecule has 0 amide bonds. The average molecular weight is 241 g/mol. The predicted octanol–water partition coefficient (Wildman–Crippen LogP) is 3.87. The Kier molecular flexibility index (Phi) is 5.94. The van der Waals surface area contributed by atoms with Crippen molar-refractivity contribution in [2.75, 3.05) is 6.61 Å². The zero-order valence-corrected chi connectivity index (χ0v) is 10.3. The van der Waals surface area contributed by atoms with E-state index in [0.29, 0.717) is 17.2 Å². The van der Waals surface area contributed by atoms with Crippen molar-refractivity contribution in [1.82, 2.24) is 0 Å². The Balaban J connectivity index is 2.26. The number of hydrogen-bond acceptors (Lipinski definition) is 2. The summed E-state index contributed by atoms with van der Waals surface area (Å²) in [6.07, 6.45) is 3.79. The summed E-state index contributed by atoms with van der Waals surface area (Å²) in [7, 11) is 0. The summed E-state index contributed by atoms with van der Waals surface area (Å²) in [5, 5.41) is 0.621. The van der Waals surface area contributed by atoms with Crippen LogP contribution in [0.2, 0.25) is 5.02 Å². The molecule has 0 aliphatic heterocycles. The average Bonchev–Trinajstić information content (AvgIpc) is 2.27. The molecule has 0 aliphatic rings. The lowest BCUT2D eigenvalue weighted by Gasteiger charge is -2.05. The van der Waals surface area contributed by atoms with Crippen molar-refractivity contribution in [1.29, 1.82) is 0 Å². The fourth-order valence-corrected chi connectivity index (χ4v) is 1.55. The van der Waals surface area contributed by atoms with Gasteiger partial charge in [-0.1, -0.05) is 37.4 Å². The van der Waals surface area contributed by atoms with Gasteiger partial charge in [-0.25, -0.2) is 0 Å². The fourth-order valence-electron chi connectivity index (χ4n) is 1.36. The molecule has 0 unspecified atom stereocenters. The van der Waals surface area contributed by atoms with Crippen molar-refractivity contribution in [2.24, 2.45) is 0 Å². The van der Waals surface area contributed by atoms with E-state index >= 15 is 0 Å². The molecule has 0 aromatic heterocycles. The van der Waals surface area contributed by atoms with Crippen LogP contribution in [0, 0.1) is 0 Å². The zero-order chi connectivity index (χ0) is 11.8. The second-order valence-electron chi connectivity index (χ2n) is 3.74. The van der Waals surface area contributed by atoms with Gasteiger partial charge in [-0.2, -0.15) is 0 Å². The number of unbranched alkanes of at least 4 members (excludes halogenated alkanes) is 2. The lowest BCUT2D eigenvalue weighted by atomic mass is 10.1.